The molecule has 0 saturated carbocycles. The van der Waals surface area contributed by atoms with Gasteiger partial charge in [0.05, 0.1) is 30.2 Å². The van der Waals surface area contributed by atoms with Gasteiger partial charge in [-0.25, -0.2) is 4.79 Å². The molecule has 4 aromatic rings. The van der Waals surface area contributed by atoms with Crippen molar-refractivity contribution in [1.82, 2.24) is 5.32 Å². The third kappa shape index (κ3) is 10.5. The molecule has 0 aliphatic rings. The van der Waals surface area contributed by atoms with Crippen molar-refractivity contribution in [3.63, 3.8) is 0 Å². The van der Waals surface area contributed by atoms with Gasteiger partial charge < -0.3 is 24.8 Å². The molecule has 0 fully saturated rings. The fourth-order valence-corrected chi connectivity index (χ4v) is 5.40. The maximum atomic E-state index is 13.1. The number of thiophene rings is 1. The van der Waals surface area contributed by atoms with E-state index in [4.69, 9.17) is 14.2 Å². The molecule has 1 atom stereocenters. The third-order valence-electron chi connectivity index (χ3n) is 7.40. The number of nitrogens with one attached hydrogen (secondary N) is 2. The van der Waals surface area contributed by atoms with Gasteiger partial charge in [-0.2, -0.15) is 0 Å². The quantitative estimate of drug-likeness (QED) is 0.0686. The van der Waals surface area contributed by atoms with Crippen LogP contribution in [0.5, 0.6) is 17.2 Å². The summed E-state index contributed by atoms with van der Waals surface area (Å²) in [5.41, 5.74) is 1.81. The van der Waals surface area contributed by atoms with E-state index in [0.29, 0.717) is 45.4 Å². The Hall–Kier alpha value is -4.96. The van der Waals surface area contributed by atoms with Crippen molar-refractivity contribution in [2.24, 2.45) is 0 Å². The van der Waals surface area contributed by atoms with Gasteiger partial charge >= 0.3 is 5.97 Å². The minimum Gasteiger partial charge on any atom is -0.494 e. The average Bonchev–Trinajstić information content (AvgIpc) is 3.62. The minimum atomic E-state index is -0.831. The number of ether oxygens (including phenoxy) is 3. The largest absolute Gasteiger partial charge is 0.494 e. The average molecular weight is 657 g/mol. The second-order valence-electron chi connectivity index (χ2n) is 11.0. The van der Waals surface area contributed by atoms with E-state index >= 15 is 0 Å². The van der Waals surface area contributed by atoms with Gasteiger partial charge in [0.25, 0.3) is 11.8 Å². The van der Waals surface area contributed by atoms with E-state index in [9.17, 15) is 19.2 Å². The summed E-state index contributed by atoms with van der Waals surface area (Å²) >= 11 is 1.32. The number of esters is 1. The number of Topliss-reactive ketones (excluding diaryl/α,β-unsaturated/α-hetero) is 1. The highest BCUT2D eigenvalue weighted by atomic mass is 32.1. The Bertz CT molecular complexity index is 1650. The van der Waals surface area contributed by atoms with Crippen molar-refractivity contribution in [2.75, 3.05) is 19.0 Å². The van der Waals surface area contributed by atoms with Gasteiger partial charge in [0.1, 0.15) is 5.75 Å². The van der Waals surface area contributed by atoms with E-state index in [1.807, 2.05) is 5.38 Å². The SMILES string of the molecule is CCCCCCCOc1ccc(C(=O)Oc2ccc(CC(NC(=O)c3cccc(NC(=O)c4cccs4)c3)C(C)=O)cc2OC)cc1. The monoisotopic (exact) mass is 656 g/mol. The lowest BCUT2D eigenvalue weighted by atomic mass is 10.0. The van der Waals surface area contributed by atoms with E-state index < -0.39 is 17.9 Å². The second kappa shape index (κ2) is 17.7. The molecule has 2 N–H and O–H groups in total. The van der Waals surface area contributed by atoms with Gasteiger partial charge in [-0.3, -0.25) is 14.4 Å². The molecule has 2 amide bonds. The summed E-state index contributed by atoms with van der Waals surface area (Å²) in [6, 6.07) is 21.0. The first-order chi connectivity index (χ1) is 22.8. The van der Waals surface area contributed by atoms with Crippen molar-refractivity contribution in [3.8, 4) is 17.2 Å². The lowest BCUT2D eigenvalue weighted by molar-refractivity contribution is -0.118. The standard InChI is InChI=1S/C37H40N2O7S/c1-4-5-6-7-8-20-45-30-17-15-27(16-18-30)37(43)46-32-19-14-26(23-33(32)44-3)22-31(25(2)40)39-35(41)28-11-9-12-29(24-28)38-36(42)34-13-10-21-47-34/h9-19,21,23-24,31H,4-8,20,22H2,1-3H3,(H,38,42)(H,39,41). The molecular formula is C37H40N2O7S. The van der Waals surface area contributed by atoms with Crippen molar-refractivity contribution >= 4 is 40.6 Å². The number of methoxy groups -OCH3 is 1. The summed E-state index contributed by atoms with van der Waals surface area (Å²) in [5.74, 6) is -0.296. The molecule has 9 nitrogen and oxygen atoms in total. The van der Waals surface area contributed by atoms with Gasteiger partial charge in [-0.15, -0.1) is 11.3 Å². The summed E-state index contributed by atoms with van der Waals surface area (Å²) in [6.07, 6.45) is 5.95. The Kier molecular flexibility index (Phi) is 13.1. The van der Waals surface area contributed by atoms with E-state index in [1.54, 1.807) is 78.9 Å². The first-order valence-electron chi connectivity index (χ1n) is 15.7. The molecule has 0 saturated heterocycles. The Labute approximate surface area is 279 Å². The minimum absolute atomic E-state index is 0.181. The van der Waals surface area contributed by atoms with Crippen LogP contribution in [0.1, 0.15) is 81.9 Å². The molecule has 1 heterocycles. The smallest absolute Gasteiger partial charge is 0.343 e. The number of rotatable bonds is 17. The molecule has 0 spiro atoms. The van der Waals surface area contributed by atoms with Gasteiger partial charge in [0.15, 0.2) is 17.3 Å². The summed E-state index contributed by atoms with van der Waals surface area (Å²) in [6.45, 7) is 4.22. The summed E-state index contributed by atoms with van der Waals surface area (Å²) in [4.78, 5) is 51.5. The number of unbranched alkanes of at least 4 members (excludes halogenated alkanes) is 4. The zero-order valence-electron chi connectivity index (χ0n) is 26.9. The molecule has 0 aliphatic heterocycles. The topological polar surface area (TPSA) is 120 Å². The van der Waals surface area contributed by atoms with Gasteiger partial charge in [0.2, 0.25) is 0 Å². The van der Waals surface area contributed by atoms with Crippen molar-refractivity contribution < 1.29 is 33.4 Å². The van der Waals surface area contributed by atoms with Crippen LogP contribution in [0.3, 0.4) is 0 Å². The van der Waals surface area contributed by atoms with Crippen molar-refractivity contribution in [3.05, 3.63) is 106 Å². The maximum Gasteiger partial charge on any atom is 0.343 e. The van der Waals surface area contributed by atoms with Gasteiger partial charge in [-0.05, 0) is 91.4 Å². The van der Waals surface area contributed by atoms with Crippen LogP contribution in [0.4, 0.5) is 5.69 Å². The number of hydrogen-bond acceptors (Lipinski definition) is 8. The van der Waals surface area contributed by atoms with Crippen LogP contribution >= 0.6 is 11.3 Å². The van der Waals surface area contributed by atoms with Crippen LogP contribution in [0.15, 0.2) is 84.2 Å². The second-order valence-corrected chi connectivity index (χ2v) is 12.0. The van der Waals surface area contributed by atoms with Crippen molar-refractivity contribution in [2.45, 2.75) is 58.4 Å². The predicted octanol–water partition coefficient (Wildman–Crippen LogP) is 7.51. The number of hydrogen-bond donors (Lipinski definition) is 2. The van der Waals surface area contributed by atoms with Crippen LogP contribution in [-0.2, 0) is 11.2 Å². The molecule has 1 unspecified atom stereocenters. The zero-order valence-corrected chi connectivity index (χ0v) is 27.7. The lowest BCUT2D eigenvalue weighted by Gasteiger charge is -2.18. The van der Waals surface area contributed by atoms with E-state index in [-0.39, 0.29) is 23.9 Å². The Morgan fingerprint density at radius 2 is 1.60 bits per heavy atom. The highest BCUT2D eigenvalue weighted by Gasteiger charge is 2.21. The molecule has 1 aromatic heterocycles. The number of carbonyl (C=O) groups excluding carboxylic acids is 4. The van der Waals surface area contributed by atoms with Crippen LogP contribution in [0.2, 0.25) is 0 Å². The Balaban J connectivity index is 1.34. The van der Waals surface area contributed by atoms with Crippen LogP contribution in [0.25, 0.3) is 0 Å². The number of benzene rings is 3. The maximum absolute atomic E-state index is 13.1. The number of amides is 2. The number of anilines is 1. The normalized spacial score (nSPS) is 11.3. The number of ketones is 1. The van der Waals surface area contributed by atoms with Gasteiger partial charge in [-0.1, -0.05) is 50.8 Å². The van der Waals surface area contributed by atoms with E-state index in [1.165, 1.54) is 44.6 Å². The zero-order chi connectivity index (χ0) is 33.6. The molecular weight excluding hydrogens is 616 g/mol. The molecule has 4 rings (SSSR count). The molecule has 246 valence electrons. The van der Waals surface area contributed by atoms with Gasteiger partial charge in [0, 0.05) is 11.3 Å². The van der Waals surface area contributed by atoms with E-state index in [2.05, 4.69) is 17.6 Å². The molecule has 3 aromatic carbocycles. The lowest BCUT2D eigenvalue weighted by Crippen LogP contribution is -2.41. The highest BCUT2D eigenvalue weighted by Crippen LogP contribution is 2.30. The highest BCUT2D eigenvalue weighted by molar-refractivity contribution is 7.12. The Morgan fingerprint density at radius 3 is 2.30 bits per heavy atom. The van der Waals surface area contributed by atoms with Crippen LogP contribution in [0, 0.1) is 0 Å². The first kappa shape index (κ1) is 34.9. The fourth-order valence-electron chi connectivity index (χ4n) is 4.78. The van der Waals surface area contributed by atoms with Crippen molar-refractivity contribution in [1.29, 1.82) is 0 Å². The third-order valence-corrected chi connectivity index (χ3v) is 8.27. The molecule has 0 aliphatic carbocycles. The van der Waals surface area contributed by atoms with E-state index in [0.717, 1.165) is 12.8 Å². The molecule has 0 bridgehead atoms. The molecule has 10 heteroatoms. The van der Waals surface area contributed by atoms with Crippen LogP contribution in [-0.4, -0.2) is 43.3 Å². The molecule has 47 heavy (non-hydrogen) atoms. The first-order valence-corrected chi connectivity index (χ1v) is 16.5. The summed E-state index contributed by atoms with van der Waals surface area (Å²) < 4.78 is 16.9. The summed E-state index contributed by atoms with van der Waals surface area (Å²) in [5, 5.41) is 7.38. The van der Waals surface area contributed by atoms with Crippen LogP contribution < -0.4 is 24.8 Å². The predicted molar refractivity (Wildman–Crippen MR) is 183 cm³/mol. The fraction of sp³-hybridized carbons (Fsp3) is 0.297. The number of carbonyl (C=O) groups is 4. The Morgan fingerprint density at radius 1 is 0.809 bits per heavy atom. The summed E-state index contributed by atoms with van der Waals surface area (Å²) in [7, 11) is 1.46. The molecule has 0 radical (unpaired) electrons.